The summed E-state index contributed by atoms with van der Waals surface area (Å²) in [7, 11) is 1.62. The number of benzene rings is 2. The summed E-state index contributed by atoms with van der Waals surface area (Å²) in [4.78, 5) is 12.3. The molecule has 0 spiro atoms. The zero-order valence-corrected chi connectivity index (χ0v) is 13.3. The maximum atomic E-state index is 12.3. The van der Waals surface area contributed by atoms with Gasteiger partial charge in [-0.1, -0.05) is 43.0 Å². The number of amides is 1. The van der Waals surface area contributed by atoms with E-state index in [4.69, 9.17) is 9.15 Å². The molecule has 1 heterocycles. The van der Waals surface area contributed by atoms with E-state index in [0.717, 1.165) is 22.4 Å². The zero-order chi connectivity index (χ0) is 16.9. The quantitative estimate of drug-likeness (QED) is 0.747. The van der Waals surface area contributed by atoms with Crippen LogP contribution in [0.1, 0.15) is 21.7 Å². The van der Waals surface area contributed by atoms with E-state index in [1.54, 1.807) is 19.2 Å². The molecule has 0 unspecified atom stereocenters. The first-order chi connectivity index (χ1) is 11.7. The Morgan fingerprint density at radius 2 is 1.71 bits per heavy atom. The summed E-state index contributed by atoms with van der Waals surface area (Å²) >= 11 is 0. The standard InChI is InChI=1S/C20H17NO3/c1-14(16-9-4-6-11-18(16)23-2)15-8-3-5-10-17(15)21-20(22)19-12-7-13-24-19/h3-13H,1H2,2H3,(H,21,22). The van der Waals surface area contributed by atoms with Gasteiger partial charge in [0.15, 0.2) is 5.76 Å². The smallest absolute Gasteiger partial charge is 0.291 e. The van der Waals surface area contributed by atoms with Crippen molar-refractivity contribution in [3.63, 3.8) is 0 Å². The van der Waals surface area contributed by atoms with Crippen LogP contribution in [-0.2, 0) is 0 Å². The summed E-state index contributed by atoms with van der Waals surface area (Å²) in [5.74, 6) is 0.683. The van der Waals surface area contributed by atoms with Gasteiger partial charge in [-0.3, -0.25) is 4.79 Å². The van der Waals surface area contributed by atoms with Gasteiger partial charge in [-0.2, -0.15) is 0 Å². The number of ether oxygens (including phenoxy) is 1. The minimum absolute atomic E-state index is 0.257. The maximum absolute atomic E-state index is 12.3. The predicted octanol–water partition coefficient (Wildman–Crippen LogP) is 4.60. The van der Waals surface area contributed by atoms with E-state index < -0.39 is 0 Å². The van der Waals surface area contributed by atoms with E-state index in [0.29, 0.717) is 5.69 Å². The summed E-state index contributed by atoms with van der Waals surface area (Å²) in [6.07, 6.45) is 1.47. The van der Waals surface area contributed by atoms with Crippen molar-refractivity contribution in [2.45, 2.75) is 0 Å². The third kappa shape index (κ3) is 3.08. The van der Waals surface area contributed by atoms with Crippen LogP contribution >= 0.6 is 0 Å². The van der Waals surface area contributed by atoms with Gasteiger partial charge >= 0.3 is 0 Å². The largest absolute Gasteiger partial charge is 0.496 e. The first-order valence-corrected chi connectivity index (χ1v) is 7.47. The Labute approximate surface area is 140 Å². The number of methoxy groups -OCH3 is 1. The average Bonchev–Trinajstić information content (AvgIpc) is 3.16. The Bertz CT molecular complexity index is 866. The predicted molar refractivity (Wildman–Crippen MR) is 94.2 cm³/mol. The van der Waals surface area contributed by atoms with Crippen LogP contribution in [0.25, 0.3) is 5.57 Å². The number of carbonyl (C=O) groups is 1. The van der Waals surface area contributed by atoms with Crippen molar-refractivity contribution >= 4 is 17.2 Å². The topological polar surface area (TPSA) is 51.5 Å². The normalized spacial score (nSPS) is 10.2. The van der Waals surface area contributed by atoms with E-state index in [1.807, 2.05) is 48.5 Å². The molecule has 0 aliphatic heterocycles. The summed E-state index contributed by atoms with van der Waals surface area (Å²) in [5.41, 5.74) is 3.12. The van der Waals surface area contributed by atoms with Crippen molar-refractivity contribution in [1.29, 1.82) is 0 Å². The van der Waals surface area contributed by atoms with Gasteiger partial charge in [0.1, 0.15) is 5.75 Å². The molecule has 120 valence electrons. The molecule has 1 aromatic heterocycles. The summed E-state index contributed by atoms with van der Waals surface area (Å²) in [6, 6.07) is 18.4. The van der Waals surface area contributed by atoms with Crippen LogP contribution in [0, 0.1) is 0 Å². The first kappa shape index (κ1) is 15.6. The zero-order valence-electron chi connectivity index (χ0n) is 13.3. The van der Waals surface area contributed by atoms with Crippen LogP contribution in [-0.4, -0.2) is 13.0 Å². The Morgan fingerprint density at radius 3 is 2.42 bits per heavy atom. The van der Waals surface area contributed by atoms with Crippen LogP contribution < -0.4 is 10.1 Å². The summed E-state index contributed by atoms with van der Waals surface area (Å²) in [5, 5.41) is 2.87. The molecule has 0 saturated heterocycles. The van der Waals surface area contributed by atoms with Gasteiger partial charge in [-0.25, -0.2) is 0 Å². The molecule has 1 N–H and O–H groups in total. The van der Waals surface area contributed by atoms with Gasteiger partial charge in [0.2, 0.25) is 0 Å². The van der Waals surface area contributed by atoms with Crippen LogP contribution in [0.5, 0.6) is 5.75 Å². The second-order valence-electron chi connectivity index (χ2n) is 5.16. The molecule has 0 radical (unpaired) electrons. The van der Waals surface area contributed by atoms with E-state index in [9.17, 15) is 4.79 Å². The van der Waals surface area contributed by atoms with Crippen molar-refractivity contribution in [2.24, 2.45) is 0 Å². The van der Waals surface area contributed by atoms with E-state index >= 15 is 0 Å². The van der Waals surface area contributed by atoms with Gasteiger partial charge in [0.05, 0.1) is 13.4 Å². The number of hydrogen-bond donors (Lipinski definition) is 1. The molecule has 3 rings (SSSR count). The van der Waals surface area contributed by atoms with Gasteiger partial charge in [-0.15, -0.1) is 0 Å². The summed E-state index contributed by atoms with van der Waals surface area (Å²) < 4.78 is 10.5. The molecule has 24 heavy (non-hydrogen) atoms. The van der Waals surface area contributed by atoms with Crippen molar-refractivity contribution < 1.29 is 13.9 Å². The fraction of sp³-hybridized carbons (Fsp3) is 0.0500. The lowest BCUT2D eigenvalue weighted by Crippen LogP contribution is -2.12. The molecule has 0 fully saturated rings. The second-order valence-corrected chi connectivity index (χ2v) is 5.16. The highest BCUT2D eigenvalue weighted by Crippen LogP contribution is 2.33. The van der Waals surface area contributed by atoms with Crippen molar-refractivity contribution in [2.75, 3.05) is 12.4 Å². The Morgan fingerprint density at radius 1 is 1.00 bits per heavy atom. The summed E-state index contributed by atoms with van der Waals surface area (Å²) in [6.45, 7) is 4.18. The average molecular weight is 319 g/mol. The fourth-order valence-corrected chi connectivity index (χ4v) is 2.49. The number of nitrogens with one attached hydrogen (secondary N) is 1. The molecular weight excluding hydrogens is 302 g/mol. The number of anilines is 1. The highest BCUT2D eigenvalue weighted by molar-refractivity contribution is 6.04. The molecule has 3 aromatic rings. The maximum Gasteiger partial charge on any atom is 0.291 e. The van der Waals surface area contributed by atoms with Gasteiger partial charge < -0.3 is 14.5 Å². The lowest BCUT2D eigenvalue weighted by Gasteiger charge is -2.15. The monoisotopic (exact) mass is 319 g/mol. The number of furan rings is 1. The third-order valence-corrected chi connectivity index (χ3v) is 3.68. The number of rotatable bonds is 5. The van der Waals surface area contributed by atoms with E-state index in [1.165, 1.54) is 6.26 Å². The van der Waals surface area contributed by atoms with Gasteiger partial charge in [-0.05, 0) is 29.8 Å². The molecule has 0 atom stereocenters. The van der Waals surface area contributed by atoms with Crippen molar-refractivity contribution in [3.8, 4) is 5.75 Å². The van der Waals surface area contributed by atoms with Gasteiger partial charge in [0.25, 0.3) is 5.91 Å². The van der Waals surface area contributed by atoms with Crippen LogP contribution in [0.4, 0.5) is 5.69 Å². The second kappa shape index (κ2) is 6.87. The Balaban J connectivity index is 1.94. The molecule has 1 amide bonds. The molecule has 0 saturated carbocycles. The first-order valence-electron chi connectivity index (χ1n) is 7.47. The van der Waals surface area contributed by atoms with Crippen LogP contribution in [0.3, 0.4) is 0 Å². The van der Waals surface area contributed by atoms with Crippen LogP contribution in [0.15, 0.2) is 77.9 Å². The molecular formula is C20H17NO3. The fourth-order valence-electron chi connectivity index (χ4n) is 2.49. The molecule has 0 bridgehead atoms. The number of carbonyl (C=O) groups excluding carboxylic acids is 1. The highest BCUT2D eigenvalue weighted by Gasteiger charge is 2.15. The molecule has 0 aliphatic carbocycles. The van der Waals surface area contributed by atoms with E-state index in [-0.39, 0.29) is 11.7 Å². The third-order valence-electron chi connectivity index (χ3n) is 3.68. The highest BCUT2D eigenvalue weighted by atomic mass is 16.5. The molecule has 2 aromatic carbocycles. The molecule has 0 aliphatic rings. The lowest BCUT2D eigenvalue weighted by molar-refractivity contribution is 0.0996. The number of hydrogen-bond acceptors (Lipinski definition) is 3. The van der Waals surface area contributed by atoms with Crippen LogP contribution in [0.2, 0.25) is 0 Å². The SMILES string of the molecule is C=C(c1ccccc1NC(=O)c1ccco1)c1ccccc1OC. The molecule has 4 heteroatoms. The lowest BCUT2D eigenvalue weighted by atomic mass is 9.97. The van der Waals surface area contributed by atoms with E-state index in [2.05, 4.69) is 11.9 Å². The Hall–Kier alpha value is -3.27. The minimum Gasteiger partial charge on any atom is -0.496 e. The van der Waals surface area contributed by atoms with Crippen molar-refractivity contribution in [3.05, 3.63) is 90.4 Å². The van der Waals surface area contributed by atoms with Gasteiger partial charge in [0, 0.05) is 16.8 Å². The minimum atomic E-state index is -0.305. The Kier molecular flexibility index (Phi) is 4.47. The number of para-hydroxylation sites is 2. The van der Waals surface area contributed by atoms with Crippen molar-refractivity contribution in [1.82, 2.24) is 0 Å². The molecule has 4 nitrogen and oxygen atoms in total.